The molecule has 0 radical (unpaired) electrons. The third-order valence-corrected chi connectivity index (χ3v) is 6.42. The first kappa shape index (κ1) is 17.9. The first-order valence-corrected chi connectivity index (χ1v) is 10.6. The van der Waals surface area contributed by atoms with Crippen LogP contribution in [0.25, 0.3) is 0 Å². The molecule has 4 nitrogen and oxygen atoms in total. The summed E-state index contributed by atoms with van der Waals surface area (Å²) >= 11 is 1.62. The predicted octanol–water partition coefficient (Wildman–Crippen LogP) is 3.79. The molecule has 1 aromatic heterocycles. The smallest absolute Gasteiger partial charge is 0.191 e. The summed E-state index contributed by atoms with van der Waals surface area (Å²) in [6.07, 6.45) is 0.776. The Bertz CT molecular complexity index is 819. The molecule has 0 aliphatic heterocycles. The normalized spacial score (nSPS) is 12.2. The second-order valence-corrected chi connectivity index (χ2v) is 8.15. The molecule has 0 saturated heterocycles. The van der Waals surface area contributed by atoms with Crippen LogP contribution in [0.1, 0.15) is 18.3 Å². The molecule has 0 bridgehead atoms. The lowest BCUT2D eigenvalue weighted by molar-refractivity contribution is 0.651. The molecule has 0 aliphatic rings. The van der Waals surface area contributed by atoms with Gasteiger partial charge in [-0.05, 0) is 24.6 Å². The van der Waals surface area contributed by atoms with E-state index in [0.717, 1.165) is 34.6 Å². The quantitative estimate of drug-likeness (QED) is 0.565. The minimum absolute atomic E-state index is 0.610. The summed E-state index contributed by atoms with van der Waals surface area (Å²) in [5.41, 5.74) is 1.23. The Morgan fingerprint density at radius 1 is 1.00 bits per heavy atom. The van der Waals surface area contributed by atoms with Crippen molar-refractivity contribution in [1.29, 1.82) is 0 Å². The van der Waals surface area contributed by atoms with Crippen LogP contribution < -0.4 is 0 Å². The van der Waals surface area contributed by atoms with Crippen molar-refractivity contribution in [3.8, 4) is 0 Å². The molecule has 0 N–H and O–H groups in total. The van der Waals surface area contributed by atoms with Gasteiger partial charge in [0.25, 0.3) is 0 Å². The average molecular weight is 372 g/mol. The van der Waals surface area contributed by atoms with Gasteiger partial charge in [-0.3, -0.25) is 4.21 Å². The van der Waals surface area contributed by atoms with E-state index in [1.54, 1.807) is 11.8 Å². The molecule has 0 saturated carbocycles. The number of nitrogens with zero attached hydrogens (tertiary/aromatic N) is 3. The van der Waals surface area contributed by atoms with E-state index in [4.69, 9.17) is 0 Å². The Morgan fingerprint density at radius 3 is 2.36 bits per heavy atom. The van der Waals surface area contributed by atoms with Crippen LogP contribution in [-0.4, -0.2) is 30.5 Å². The summed E-state index contributed by atoms with van der Waals surface area (Å²) in [6.45, 7) is 2.93. The lowest BCUT2D eigenvalue weighted by Crippen LogP contribution is -2.06. The van der Waals surface area contributed by atoms with Crippen molar-refractivity contribution < 1.29 is 4.21 Å². The summed E-state index contributed by atoms with van der Waals surface area (Å²) in [5.74, 6) is 2.34. The zero-order valence-corrected chi connectivity index (χ0v) is 15.8. The molecule has 1 unspecified atom stereocenters. The fraction of sp³-hybridized carbons (Fsp3) is 0.263. The highest BCUT2D eigenvalue weighted by atomic mass is 32.2. The fourth-order valence-electron chi connectivity index (χ4n) is 2.55. The molecular weight excluding hydrogens is 350 g/mol. The number of aromatic nitrogens is 3. The summed E-state index contributed by atoms with van der Waals surface area (Å²) in [7, 11) is -0.969. The lowest BCUT2D eigenvalue weighted by atomic mass is 10.1. The Kier molecular flexibility index (Phi) is 6.42. The van der Waals surface area contributed by atoms with Crippen LogP contribution in [0.15, 0.2) is 70.7 Å². The van der Waals surface area contributed by atoms with Gasteiger partial charge in [-0.25, -0.2) is 0 Å². The van der Waals surface area contributed by atoms with Crippen LogP contribution in [0.2, 0.25) is 0 Å². The Balaban J connectivity index is 1.60. The topological polar surface area (TPSA) is 47.8 Å². The van der Waals surface area contributed by atoms with Crippen molar-refractivity contribution in [1.82, 2.24) is 14.8 Å². The highest BCUT2D eigenvalue weighted by Gasteiger charge is 2.12. The third kappa shape index (κ3) is 4.80. The molecule has 3 rings (SSSR count). The zero-order valence-electron chi connectivity index (χ0n) is 14.2. The van der Waals surface area contributed by atoms with Gasteiger partial charge in [0.15, 0.2) is 5.16 Å². The van der Waals surface area contributed by atoms with Gasteiger partial charge in [-0.2, -0.15) is 0 Å². The van der Waals surface area contributed by atoms with Crippen molar-refractivity contribution in [3.05, 3.63) is 72.1 Å². The number of rotatable bonds is 8. The van der Waals surface area contributed by atoms with Crippen LogP contribution in [0, 0.1) is 0 Å². The van der Waals surface area contributed by atoms with E-state index in [2.05, 4.69) is 33.8 Å². The highest BCUT2D eigenvalue weighted by Crippen LogP contribution is 2.19. The third-order valence-electron chi connectivity index (χ3n) is 3.82. The first-order valence-electron chi connectivity index (χ1n) is 8.30. The standard InChI is InChI=1S/C19H21N3OS2/c1-2-22-18(15-16-9-5-3-6-10-16)20-21-19(22)24-13-14-25(23)17-11-7-4-8-12-17/h3-12H,2,13-15H2,1H3. The average Bonchev–Trinajstić information content (AvgIpc) is 3.04. The molecule has 25 heavy (non-hydrogen) atoms. The van der Waals surface area contributed by atoms with Gasteiger partial charge in [-0.15, -0.1) is 10.2 Å². The molecule has 1 heterocycles. The maximum Gasteiger partial charge on any atom is 0.191 e. The van der Waals surface area contributed by atoms with Gasteiger partial charge in [-0.1, -0.05) is 60.3 Å². The molecule has 2 aromatic carbocycles. The monoisotopic (exact) mass is 371 g/mol. The SMILES string of the molecule is CCn1c(Cc2ccccc2)nnc1SCCS(=O)c1ccccc1. The van der Waals surface area contributed by atoms with Gasteiger partial charge in [0.05, 0.1) is 10.8 Å². The molecule has 0 aliphatic carbocycles. The zero-order chi connectivity index (χ0) is 17.5. The van der Waals surface area contributed by atoms with E-state index in [-0.39, 0.29) is 0 Å². The number of hydrogen-bond acceptors (Lipinski definition) is 4. The van der Waals surface area contributed by atoms with E-state index >= 15 is 0 Å². The van der Waals surface area contributed by atoms with E-state index < -0.39 is 10.8 Å². The van der Waals surface area contributed by atoms with Crippen molar-refractivity contribution >= 4 is 22.6 Å². The van der Waals surface area contributed by atoms with Gasteiger partial charge in [0, 0.05) is 29.4 Å². The van der Waals surface area contributed by atoms with E-state index in [0.29, 0.717) is 5.75 Å². The fourth-order valence-corrected chi connectivity index (χ4v) is 4.86. The molecule has 3 aromatic rings. The second kappa shape index (κ2) is 8.97. The van der Waals surface area contributed by atoms with Gasteiger partial charge in [0.1, 0.15) is 5.82 Å². The summed E-state index contributed by atoms with van der Waals surface area (Å²) < 4.78 is 14.4. The Hall–Kier alpha value is -1.92. The molecule has 0 fully saturated rings. The predicted molar refractivity (Wildman–Crippen MR) is 103 cm³/mol. The number of hydrogen-bond donors (Lipinski definition) is 0. The van der Waals surface area contributed by atoms with Crippen molar-refractivity contribution in [2.24, 2.45) is 0 Å². The minimum Gasteiger partial charge on any atom is -0.306 e. The second-order valence-electron chi connectivity index (χ2n) is 5.52. The van der Waals surface area contributed by atoms with Crippen LogP contribution in [-0.2, 0) is 23.8 Å². The van der Waals surface area contributed by atoms with Crippen molar-refractivity contribution in [2.75, 3.05) is 11.5 Å². The summed E-state index contributed by atoms with van der Waals surface area (Å²) in [5, 5.41) is 9.59. The van der Waals surface area contributed by atoms with Gasteiger partial charge >= 0.3 is 0 Å². The summed E-state index contributed by atoms with van der Waals surface area (Å²) in [6, 6.07) is 19.9. The molecule has 0 amide bonds. The molecule has 0 spiro atoms. The minimum atomic E-state index is -0.969. The Labute approximate surface area is 155 Å². The lowest BCUT2D eigenvalue weighted by Gasteiger charge is -2.07. The van der Waals surface area contributed by atoms with Crippen LogP contribution >= 0.6 is 11.8 Å². The van der Waals surface area contributed by atoms with E-state index in [1.807, 2.05) is 48.5 Å². The molecular formula is C19H21N3OS2. The van der Waals surface area contributed by atoms with E-state index in [9.17, 15) is 4.21 Å². The summed E-state index contributed by atoms with van der Waals surface area (Å²) in [4.78, 5) is 0.879. The Morgan fingerprint density at radius 2 is 1.68 bits per heavy atom. The molecule has 1 atom stereocenters. The highest BCUT2D eigenvalue weighted by molar-refractivity contribution is 8.00. The molecule has 130 valence electrons. The number of benzene rings is 2. The van der Waals surface area contributed by atoms with Crippen molar-refractivity contribution in [3.63, 3.8) is 0 Å². The van der Waals surface area contributed by atoms with E-state index in [1.165, 1.54) is 5.56 Å². The van der Waals surface area contributed by atoms with Crippen LogP contribution in [0.3, 0.4) is 0 Å². The maximum absolute atomic E-state index is 12.3. The van der Waals surface area contributed by atoms with Crippen LogP contribution in [0.4, 0.5) is 0 Å². The molecule has 6 heteroatoms. The maximum atomic E-state index is 12.3. The van der Waals surface area contributed by atoms with Gasteiger partial charge < -0.3 is 4.57 Å². The largest absolute Gasteiger partial charge is 0.306 e. The van der Waals surface area contributed by atoms with Gasteiger partial charge in [0.2, 0.25) is 0 Å². The number of thioether (sulfide) groups is 1. The van der Waals surface area contributed by atoms with Crippen LogP contribution in [0.5, 0.6) is 0 Å². The first-order chi connectivity index (χ1) is 12.3. The van der Waals surface area contributed by atoms with Crippen molar-refractivity contribution in [2.45, 2.75) is 29.9 Å².